The van der Waals surface area contributed by atoms with Crippen LogP contribution in [0.25, 0.3) is 0 Å². The number of ether oxygens (including phenoxy) is 2. The lowest BCUT2D eigenvalue weighted by Gasteiger charge is -2.07. The van der Waals surface area contributed by atoms with E-state index in [4.69, 9.17) is 31.8 Å². The van der Waals surface area contributed by atoms with E-state index in [2.05, 4.69) is 0 Å². The van der Waals surface area contributed by atoms with Gasteiger partial charge in [0.2, 0.25) is 5.91 Å². The standard InChI is InChI=1S/C9H12N2O2.C9H11NO3/c2*1-13-7-4-2-6(3-5-7)8(10)9(11)12/h2-5,8H,10H2,1H3,(H2,11,12);2-5,8H,10H2,1H3,(H,11,12). The summed E-state index contributed by atoms with van der Waals surface area (Å²) in [4.78, 5) is 21.2. The number of carboxylic acids is 1. The van der Waals surface area contributed by atoms with Gasteiger partial charge in [-0.1, -0.05) is 24.3 Å². The summed E-state index contributed by atoms with van der Waals surface area (Å²) in [6.45, 7) is 0. The number of methoxy groups -OCH3 is 2. The van der Waals surface area contributed by atoms with Crippen molar-refractivity contribution in [1.82, 2.24) is 0 Å². The van der Waals surface area contributed by atoms with Gasteiger partial charge in [-0.3, -0.25) is 9.59 Å². The Labute approximate surface area is 151 Å². The number of benzene rings is 2. The minimum Gasteiger partial charge on any atom is -0.497 e. The Morgan fingerprint density at radius 3 is 1.42 bits per heavy atom. The average molecular weight is 361 g/mol. The Hall–Kier alpha value is -3.10. The molecule has 0 aliphatic heterocycles. The topological polar surface area (TPSA) is 151 Å². The van der Waals surface area contributed by atoms with E-state index < -0.39 is 24.0 Å². The highest BCUT2D eigenvalue weighted by Gasteiger charge is 2.13. The number of carbonyl (C=O) groups excluding carboxylic acids is 1. The maximum atomic E-state index is 10.7. The van der Waals surface area contributed by atoms with Crippen molar-refractivity contribution in [1.29, 1.82) is 0 Å². The molecular formula is C18H23N3O5. The first-order valence-electron chi connectivity index (χ1n) is 7.61. The molecule has 7 N–H and O–H groups in total. The fraction of sp³-hybridized carbons (Fsp3) is 0.222. The third kappa shape index (κ3) is 6.08. The van der Waals surface area contributed by atoms with Gasteiger partial charge in [0.15, 0.2) is 0 Å². The van der Waals surface area contributed by atoms with Crippen LogP contribution in [-0.2, 0) is 9.59 Å². The van der Waals surface area contributed by atoms with Crippen molar-refractivity contribution in [3.63, 3.8) is 0 Å². The van der Waals surface area contributed by atoms with Crippen molar-refractivity contribution in [3.05, 3.63) is 59.7 Å². The lowest BCUT2D eigenvalue weighted by molar-refractivity contribution is -0.138. The third-order valence-corrected chi connectivity index (χ3v) is 3.52. The summed E-state index contributed by atoms with van der Waals surface area (Å²) >= 11 is 0. The summed E-state index contributed by atoms with van der Waals surface area (Å²) < 4.78 is 9.87. The van der Waals surface area contributed by atoms with Crippen LogP contribution in [0.5, 0.6) is 11.5 Å². The van der Waals surface area contributed by atoms with Crippen LogP contribution >= 0.6 is 0 Å². The zero-order chi connectivity index (χ0) is 19.7. The fourth-order valence-electron chi connectivity index (χ4n) is 1.93. The molecule has 2 aromatic carbocycles. The number of carbonyl (C=O) groups is 2. The Kier molecular flexibility index (Phi) is 8.07. The van der Waals surface area contributed by atoms with Crippen LogP contribution in [0.4, 0.5) is 0 Å². The predicted molar refractivity (Wildman–Crippen MR) is 96.7 cm³/mol. The highest BCUT2D eigenvalue weighted by atomic mass is 16.5. The minimum absolute atomic E-state index is 0.537. The number of hydrogen-bond donors (Lipinski definition) is 4. The van der Waals surface area contributed by atoms with Crippen LogP contribution in [0.2, 0.25) is 0 Å². The van der Waals surface area contributed by atoms with E-state index in [1.54, 1.807) is 62.8 Å². The maximum absolute atomic E-state index is 10.7. The Bertz CT molecular complexity index is 653. The van der Waals surface area contributed by atoms with Gasteiger partial charge in [0.1, 0.15) is 23.6 Å². The maximum Gasteiger partial charge on any atom is 0.325 e. The van der Waals surface area contributed by atoms with E-state index in [0.29, 0.717) is 16.9 Å². The fourth-order valence-corrected chi connectivity index (χ4v) is 1.93. The molecule has 2 unspecified atom stereocenters. The molecule has 1 amide bonds. The van der Waals surface area contributed by atoms with E-state index in [1.165, 1.54) is 0 Å². The van der Waals surface area contributed by atoms with Gasteiger partial charge < -0.3 is 31.8 Å². The number of aliphatic carboxylic acids is 1. The van der Waals surface area contributed by atoms with Crippen LogP contribution in [0.15, 0.2) is 48.5 Å². The van der Waals surface area contributed by atoms with E-state index >= 15 is 0 Å². The number of primary amides is 1. The average Bonchev–Trinajstić information content (AvgIpc) is 2.67. The lowest BCUT2D eigenvalue weighted by Crippen LogP contribution is -2.28. The van der Waals surface area contributed by atoms with Crippen LogP contribution in [0, 0.1) is 0 Å². The molecule has 2 atom stereocenters. The number of nitrogens with two attached hydrogens (primary N) is 3. The largest absolute Gasteiger partial charge is 0.497 e. The second-order valence-electron chi connectivity index (χ2n) is 5.24. The number of hydrogen-bond acceptors (Lipinski definition) is 6. The second kappa shape index (κ2) is 10.0. The minimum atomic E-state index is -1.04. The van der Waals surface area contributed by atoms with E-state index in [9.17, 15) is 9.59 Å². The molecule has 0 heterocycles. The number of rotatable bonds is 6. The molecule has 0 aliphatic rings. The van der Waals surface area contributed by atoms with Crippen molar-refractivity contribution in [3.8, 4) is 11.5 Å². The quantitative estimate of drug-likeness (QED) is 0.598. The second-order valence-corrected chi connectivity index (χ2v) is 5.24. The van der Waals surface area contributed by atoms with Crippen molar-refractivity contribution >= 4 is 11.9 Å². The summed E-state index contributed by atoms with van der Waals surface area (Å²) in [6.07, 6.45) is 0. The molecule has 8 heteroatoms. The van der Waals surface area contributed by atoms with Gasteiger partial charge in [-0.05, 0) is 35.4 Å². The molecule has 0 bridgehead atoms. The van der Waals surface area contributed by atoms with Crippen LogP contribution in [0.3, 0.4) is 0 Å². The normalized spacial score (nSPS) is 12.2. The molecule has 0 saturated heterocycles. The number of carboxylic acid groups (broad SMARTS) is 1. The lowest BCUT2D eigenvalue weighted by atomic mass is 10.1. The summed E-state index contributed by atoms with van der Waals surface area (Å²) in [5, 5.41) is 8.61. The molecule has 0 fully saturated rings. The van der Waals surface area contributed by atoms with Crippen LogP contribution in [-0.4, -0.2) is 31.2 Å². The summed E-state index contributed by atoms with van der Waals surface area (Å²) in [6, 6.07) is 11.8. The van der Waals surface area contributed by atoms with Gasteiger partial charge in [-0.25, -0.2) is 0 Å². The van der Waals surface area contributed by atoms with Crippen LogP contribution in [0.1, 0.15) is 23.2 Å². The summed E-state index contributed by atoms with van der Waals surface area (Å²) in [7, 11) is 3.12. The van der Waals surface area contributed by atoms with E-state index in [1.807, 2.05) is 0 Å². The molecule has 0 aliphatic carbocycles. The predicted octanol–water partition coefficient (Wildman–Crippen LogP) is 0.960. The summed E-state index contributed by atoms with van der Waals surface area (Å²) in [5.74, 6) is -0.169. The summed E-state index contributed by atoms with van der Waals surface area (Å²) in [5.41, 5.74) is 17.2. The monoisotopic (exact) mass is 361 g/mol. The van der Waals surface area contributed by atoms with Crippen molar-refractivity contribution in [2.75, 3.05) is 14.2 Å². The van der Waals surface area contributed by atoms with E-state index in [-0.39, 0.29) is 0 Å². The van der Waals surface area contributed by atoms with Gasteiger partial charge in [0.25, 0.3) is 0 Å². The highest BCUT2D eigenvalue weighted by Crippen LogP contribution is 2.16. The molecule has 0 radical (unpaired) electrons. The van der Waals surface area contributed by atoms with Crippen molar-refractivity contribution in [2.45, 2.75) is 12.1 Å². The smallest absolute Gasteiger partial charge is 0.325 e. The molecule has 0 spiro atoms. The molecule has 0 saturated carbocycles. The first-order chi connectivity index (χ1) is 12.3. The first-order valence-corrected chi connectivity index (χ1v) is 7.61. The molecular weight excluding hydrogens is 338 g/mol. The van der Waals surface area contributed by atoms with Gasteiger partial charge in [-0.2, -0.15) is 0 Å². The number of amides is 1. The van der Waals surface area contributed by atoms with Crippen LogP contribution < -0.4 is 26.7 Å². The first kappa shape index (κ1) is 20.9. The molecule has 140 valence electrons. The molecule has 26 heavy (non-hydrogen) atoms. The molecule has 2 rings (SSSR count). The zero-order valence-electron chi connectivity index (χ0n) is 14.6. The van der Waals surface area contributed by atoms with Gasteiger partial charge in [-0.15, -0.1) is 0 Å². The zero-order valence-corrected chi connectivity index (χ0v) is 14.6. The molecule has 2 aromatic rings. The van der Waals surface area contributed by atoms with Gasteiger partial charge >= 0.3 is 5.97 Å². The molecule has 0 aromatic heterocycles. The Morgan fingerprint density at radius 1 is 0.808 bits per heavy atom. The van der Waals surface area contributed by atoms with Crippen molar-refractivity contribution in [2.24, 2.45) is 17.2 Å². The highest BCUT2D eigenvalue weighted by molar-refractivity contribution is 5.81. The van der Waals surface area contributed by atoms with E-state index in [0.717, 1.165) is 5.75 Å². The SMILES string of the molecule is COc1ccc(C(N)C(=O)O)cc1.COc1ccc(C(N)C(N)=O)cc1. The Morgan fingerprint density at radius 2 is 1.15 bits per heavy atom. The van der Waals surface area contributed by atoms with Gasteiger partial charge in [0, 0.05) is 0 Å². The third-order valence-electron chi connectivity index (χ3n) is 3.52. The van der Waals surface area contributed by atoms with Gasteiger partial charge in [0.05, 0.1) is 14.2 Å². The Balaban J connectivity index is 0.000000260. The van der Waals surface area contributed by atoms with Crippen molar-refractivity contribution < 1.29 is 24.2 Å². The molecule has 8 nitrogen and oxygen atoms in total.